The number of carboxylic acids is 1. The largest absolute Gasteiger partial charge is 0.480 e. The molecule has 0 aliphatic heterocycles. The Balaban J connectivity index is 0.000000198. The summed E-state index contributed by atoms with van der Waals surface area (Å²) < 4.78 is 10.7. The maximum absolute atomic E-state index is 12.1. The Morgan fingerprint density at radius 2 is 1.09 bits per heavy atom. The fourth-order valence-corrected chi connectivity index (χ4v) is 6.38. The van der Waals surface area contributed by atoms with E-state index in [0.29, 0.717) is 26.2 Å². The summed E-state index contributed by atoms with van der Waals surface area (Å²) in [6.45, 7) is 5.62. The first kappa shape index (κ1) is 32.4. The van der Waals surface area contributed by atoms with Gasteiger partial charge in [0.15, 0.2) is 0 Å². The molecule has 0 heterocycles. The zero-order chi connectivity index (χ0) is 32.5. The summed E-state index contributed by atoms with van der Waals surface area (Å²) in [5, 5.41) is 11.7. The van der Waals surface area contributed by atoms with Crippen molar-refractivity contribution >= 4 is 18.0 Å². The Hall–Kier alpha value is -4.95. The van der Waals surface area contributed by atoms with Gasteiger partial charge in [-0.2, -0.15) is 0 Å². The van der Waals surface area contributed by atoms with Gasteiger partial charge in [-0.15, -0.1) is 0 Å². The van der Waals surface area contributed by atoms with Gasteiger partial charge in [0, 0.05) is 31.8 Å². The first-order valence-corrected chi connectivity index (χ1v) is 15.7. The quantitative estimate of drug-likeness (QED) is 0.180. The van der Waals surface area contributed by atoms with Crippen molar-refractivity contribution in [3.8, 4) is 22.3 Å². The van der Waals surface area contributed by atoms with E-state index in [1.165, 1.54) is 51.4 Å². The van der Waals surface area contributed by atoms with E-state index in [4.69, 9.17) is 14.6 Å². The van der Waals surface area contributed by atoms with Crippen LogP contribution < -0.4 is 5.32 Å². The van der Waals surface area contributed by atoms with Crippen molar-refractivity contribution in [2.45, 2.75) is 32.1 Å². The van der Waals surface area contributed by atoms with Crippen LogP contribution in [0.3, 0.4) is 0 Å². The molecule has 8 nitrogen and oxygen atoms in total. The fraction of sp³-hybridized carbons (Fsp3) is 0.289. The van der Waals surface area contributed by atoms with Gasteiger partial charge in [-0.3, -0.25) is 14.5 Å². The Morgan fingerprint density at radius 1 is 0.674 bits per heavy atom. The number of fused-ring (bicyclic) bond motifs is 6. The number of esters is 1. The number of aliphatic carboxylic acids is 1. The number of nitrogens with one attached hydrogen (secondary N) is 1. The van der Waals surface area contributed by atoms with E-state index in [0.717, 1.165) is 6.42 Å². The molecule has 2 aliphatic carbocycles. The molecule has 0 aromatic heterocycles. The highest BCUT2D eigenvalue weighted by Gasteiger charge is 2.30. The summed E-state index contributed by atoms with van der Waals surface area (Å²) >= 11 is 0. The molecule has 0 bridgehead atoms. The number of carboxylic acid groups (broad SMARTS) is 1. The molecule has 0 atom stereocenters. The molecule has 0 radical (unpaired) electrons. The monoisotopic (exact) mass is 620 g/mol. The third-order valence-electron chi connectivity index (χ3n) is 8.36. The summed E-state index contributed by atoms with van der Waals surface area (Å²) in [7, 11) is 0. The van der Waals surface area contributed by atoms with Crippen LogP contribution in [0.4, 0.5) is 4.79 Å². The average Bonchev–Trinajstić information content (AvgIpc) is 3.55. The van der Waals surface area contributed by atoms with Gasteiger partial charge >= 0.3 is 18.0 Å². The highest BCUT2D eigenvalue weighted by atomic mass is 16.5. The molecule has 8 heteroatoms. The number of amides is 1. The molecular formula is C38H40N2O6. The molecule has 6 rings (SSSR count). The fourth-order valence-electron chi connectivity index (χ4n) is 6.38. The van der Waals surface area contributed by atoms with Gasteiger partial charge in [0.2, 0.25) is 0 Å². The minimum Gasteiger partial charge on any atom is -0.480 e. The molecule has 4 aromatic rings. The number of hydrogen-bond donors (Lipinski definition) is 2. The first-order chi connectivity index (χ1) is 22.4. The van der Waals surface area contributed by atoms with Gasteiger partial charge in [-0.1, -0.05) is 104 Å². The molecule has 2 aliphatic rings. The van der Waals surface area contributed by atoms with Gasteiger partial charge in [-0.05, 0) is 57.5 Å². The van der Waals surface area contributed by atoms with Gasteiger partial charge < -0.3 is 19.9 Å². The van der Waals surface area contributed by atoms with Gasteiger partial charge in [0.1, 0.15) is 13.2 Å². The number of nitrogens with zero attached hydrogens (tertiary/aromatic N) is 1. The number of carbonyl (C=O) groups is 3. The number of alkyl carbamates (subject to hydrolysis) is 1. The lowest BCUT2D eigenvalue weighted by atomic mass is 9.98. The Bertz CT molecular complexity index is 1590. The maximum Gasteiger partial charge on any atom is 0.407 e. The van der Waals surface area contributed by atoms with Crippen molar-refractivity contribution < 1.29 is 29.0 Å². The van der Waals surface area contributed by atoms with Crippen molar-refractivity contribution in [3.05, 3.63) is 119 Å². The number of rotatable bonds is 11. The predicted molar refractivity (Wildman–Crippen MR) is 178 cm³/mol. The molecule has 0 saturated heterocycles. The Kier molecular flexibility index (Phi) is 10.8. The van der Waals surface area contributed by atoms with Crippen molar-refractivity contribution in [2.24, 2.45) is 0 Å². The van der Waals surface area contributed by atoms with Crippen LogP contribution in [0.2, 0.25) is 0 Å². The summed E-state index contributed by atoms with van der Waals surface area (Å²) in [5.74, 6) is -0.894. The van der Waals surface area contributed by atoms with Gasteiger partial charge in [0.05, 0.1) is 6.54 Å². The molecule has 0 spiro atoms. The topological polar surface area (TPSA) is 105 Å². The van der Waals surface area contributed by atoms with Crippen LogP contribution in [0.1, 0.15) is 54.4 Å². The molecule has 1 amide bonds. The normalized spacial score (nSPS) is 12.7. The molecule has 2 N–H and O–H groups in total. The van der Waals surface area contributed by atoms with Crippen molar-refractivity contribution in [2.75, 3.05) is 39.4 Å². The van der Waals surface area contributed by atoms with Crippen LogP contribution in [-0.4, -0.2) is 67.4 Å². The maximum atomic E-state index is 12.1. The summed E-state index contributed by atoms with van der Waals surface area (Å²) in [6.07, 6.45) is 0.381. The van der Waals surface area contributed by atoms with Crippen LogP contribution in [0.25, 0.3) is 22.3 Å². The highest BCUT2D eigenvalue weighted by Crippen LogP contribution is 2.45. The smallest absolute Gasteiger partial charge is 0.407 e. The van der Waals surface area contributed by atoms with E-state index >= 15 is 0 Å². The van der Waals surface area contributed by atoms with Crippen molar-refractivity contribution in [1.29, 1.82) is 0 Å². The minimum absolute atomic E-state index is 0.0276. The van der Waals surface area contributed by atoms with E-state index in [9.17, 15) is 14.4 Å². The molecule has 0 unspecified atom stereocenters. The standard InChI is InChI=1S/C22H26N2O4.C16H14O2/c1-2-12-24(14-21(25)26)13-11-23-22(27)28-15-20-18-9-5-3-7-16(18)17-8-4-6-10-19(17)20;1-11(17)18-10-16-14-8-4-2-6-12(14)13-7-3-5-9-15(13)16/h3-10,20H,2,11-15H2,1H3,(H,23,27)(H,25,26);2-9,16H,10H2,1H3. The molecule has 4 aromatic carbocycles. The van der Waals surface area contributed by atoms with Crippen molar-refractivity contribution in [3.63, 3.8) is 0 Å². The minimum atomic E-state index is -0.866. The van der Waals surface area contributed by atoms with Crippen LogP contribution in [0.15, 0.2) is 97.1 Å². The second-order valence-corrected chi connectivity index (χ2v) is 11.5. The van der Waals surface area contributed by atoms with Crippen LogP contribution in [0.5, 0.6) is 0 Å². The first-order valence-electron chi connectivity index (χ1n) is 15.7. The zero-order valence-electron chi connectivity index (χ0n) is 26.3. The van der Waals surface area contributed by atoms with Crippen LogP contribution in [-0.2, 0) is 19.1 Å². The Labute approximate surface area is 270 Å². The highest BCUT2D eigenvalue weighted by molar-refractivity contribution is 5.80. The summed E-state index contributed by atoms with van der Waals surface area (Å²) in [6, 6.07) is 33.0. The molecule has 0 saturated carbocycles. The van der Waals surface area contributed by atoms with E-state index in [1.807, 2.05) is 55.5 Å². The van der Waals surface area contributed by atoms with E-state index in [-0.39, 0.29) is 31.0 Å². The molecule has 238 valence electrons. The van der Waals surface area contributed by atoms with Crippen LogP contribution >= 0.6 is 0 Å². The summed E-state index contributed by atoms with van der Waals surface area (Å²) in [5.41, 5.74) is 9.74. The molecule has 46 heavy (non-hydrogen) atoms. The second kappa shape index (κ2) is 15.4. The summed E-state index contributed by atoms with van der Waals surface area (Å²) in [4.78, 5) is 35.8. The average molecular weight is 621 g/mol. The lowest BCUT2D eigenvalue weighted by Crippen LogP contribution is -2.38. The van der Waals surface area contributed by atoms with E-state index < -0.39 is 12.1 Å². The van der Waals surface area contributed by atoms with Gasteiger partial charge in [0.25, 0.3) is 0 Å². The van der Waals surface area contributed by atoms with Gasteiger partial charge in [-0.25, -0.2) is 4.79 Å². The number of carbonyl (C=O) groups excluding carboxylic acids is 2. The van der Waals surface area contributed by atoms with Crippen molar-refractivity contribution in [1.82, 2.24) is 10.2 Å². The third kappa shape index (κ3) is 7.64. The van der Waals surface area contributed by atoms with E-state index in [1.54, 1.807) is 4.90 Å². The second-order valence-electron chi connectivity index (χ2n) is 11.5. The lowest BCUT2D eigenvalue weighted by molar-refractivity contribution is -0.141. The van der Waals surface area contributed by atoms with E-state index in [2.05, 4.69) is 53.8 Å². The lowest BCUT2D eigenvalue weighted by Gasteiger charge is -2.19. The molecule has 0 fully saturated rings. The number of ether oxygens (including phenoxy) is 2. The zero-order valence-corrected chi connectivity index (χ0v) is 26.3. The number of hydrogen-bond acceptors (Lipinski definition) is 6. The van der Waals surface area contributed by atoms with Crippen LogP contribution in [0, 0.1) is 0 Å². The Morgan fingerprint density at radius 3 is 1.48 bits per heavy atom. The SMILES string of the molecule is CC(=O)OCC1c2ccccc2-c2ccccc21.CCCN(CCNC(=O)OCC1c2ccccc2-c2ccccc21)CC(=O)O. The molecular weight excluding hydrogens is 580 g/mol. The number of benzene rings is 4. The predicted octanol–water partition coefficient (Wildman–Crippen LogP) is 6.68. The third-order valence-corrected chi connectivity index (χ3v) is 8.36.